The summed E-state index contributed by atoms with van der Waals surface area (Å²) in [5.41, 5.74) is 2.70. The molecule has 112 valence electrons. The van der Waals surface area contributed by atoms with Crippen LogP contribution in [0, 0.1) is 13.8 Å². The molecular weight excluding hydrogens is 254 g/mol. The van der Waals surface area contributed by atoms with Crippen molar-refractivity contribution in [2.24, 2.45) is 7.05 Å². The van der Waals surface area contributed by atoms with E-state index in [2.05, 4.69) is 27.6 Å². The van der Waals surface area contributed by atoms with Crippen LogP contribution in [0.2, 0.25) is 0 Å². The van der Waals surface area contributed by atoms with Crippen LogP contribution in [0.3, 0.4) is 0 Å². The van der Waals surface area contributed by atoms with Crippen molar-refractivity contribution in [2.45, 2.75) is 33.2 Å². The third-order valence-electron chi connectivity index (χ3n) is 4.08. The molecule has 0 aromatic carbocycles. The van der Waals surface area contributed by atoms with Gasteiger partial charge < -0.3 is 10.6 Å². The fraction of sp³-hybridized carbons (Fsp3) is 0.714. The van der Waals surface area contributed by atoms with Gasteiger partial charge in [0.25, 0.3) is 0 Å². The van der Waals surface area contributed by atoms with Crippen molar-refractivity contribution in [3.05, 3.63) is 11.4 Å². The summed E-state index contributed by atoms with van der Waals surface area (Å²) >= 11 is 0. The molecule has 2 rings (SSSR count). The van der Waals surface area contributed by atoms with Gasteiger partial charge in [-0.15, -0.1) is 0 Å². The zero-order valence-electron chi connectivity index (χ0n) is 12.9. The minimum Gasteiger partial charge on any atom is -0.322 e. The van der Waals surface area contributed by atoms with E-state index in [1.165, 1.54) is 0 Å². The molecule has 0 bridgehead atoms. The average Bonchev–Trinajstić information content (AvgIpc) is 3.01. The second kappa shape index (κ2) is 6.37. The van der Waals surface area contributed by atoms with Crippen LogP contribution >= 0.6 is 0 Å². The van der Waals surface area contributed by atoms with Gasteiger partial charge in [0.1, 0.15) is 0 Å². The molecule has 0 spiro atoms. The first-order valence-electron chi connectivity index (χ1n) is 7.27. The zero-order valence-corrected chi connectivity index (χ0v) is 12.9. The number of aromatic nitrogens is 2. The van der Waals surface area contributed by atoms with Gasteiger partial charge in [0.2, 0.25) is 5.91 Å². The first kappa shape index (κ1) is 15.0. The van der Waals surface area contributed by atoms with E-state index >= 15 is 0 Å². The normalized spacial score (nSPS) is 18.8. The second-order valence-electron chi connectivity index (χ2n) is 5.43. The van der Waals surface area contributed by atoms with Crippen LogP contribution in [-0.2, 0) is 11.8 Å². The van der Waals surface area contributed by atoms with E-state index in [1.54, 1.807) is 4.68 Å². The highest BCUT2D eigenvalue weighted by molar-refractivity contribution is 5.93. The van der Waals surface area contributed by atoms with Crippen molar-refractivity contribution in [3.8, 4) is 0 Å². The van der Waals surface area contributed by atoms with Gasteiger partial charge in [0.05, 0.1) is 23.6 Å². The summed E-state index contributed by atoms with van der Waals surface area (Å²) < 4.78 is 1.80. The number of likely N-dealkylation sites (N-methyl/N-ethyl adjacent to an activating group) is 1. The van der Waals surface area contributed by atoms with Gasteiger partial charge in [-0.25, -0.2) is 0 Å². The molecule has 6 heteroatoms. The molecular formula is C14H25N5O. The lowest BCUT2D eigenvalue weighted by Gasteiger charge is -2.26. The second-order valence-corrected chi connectivity index (χ2v) is 5.43. The first-order chi connectivity index (χ1) is 9.52. The van der Waals surface area contributed by atoms with Gasteiger partial charge in [0.15, 0.2) is 0 Å². The van der Waals surface area contributed by atoms with E-state index in [0.717, 1.165) is 43.1 Å². The molecule has 1 aromatic heterocycles. The summed E-state index contributed by atoms with van der Waals surface area (Å²) in [6.45, 7) is 9.35. The van der Waals surface area contributed by atoms with Crippen LogP contribution < -0.4 is 10.6 Å². The fourth-order valence-corrected chi connectivity index (χ4v) is 2.77. The van der Waals surface area contributed by atoms with Gasteiger partial charge in [-0.2, -0.15) is 5.10 Å². The molecule has 2 N–H and O–H groups in total. The summed E-state index contributed by atoms with van der Waals surface area (Å²) in [7, 11) is 1.89. The number of hydrogen-bond donors (Lipinski definition) is 2. The molecule has 1 aliphatic heterocycles. The van der Waals surface area contributed by atoms with Crippen LogP contribution in [0.1, 0.15) is 24.7 Å². The Bertz CT molecular complexity index is 476. The number of nitrogens with zero attached hydrogens (tertiary/aromatic N) is 3. The van der Waals surface area contributed by atoms with Gasteiger partial charge >= 0.3 is 0 Å². The number of aryl methyl sites for hydroxylation is 2. The van der Waals surface area contributed by atoms with E-state index in [0.29, 0.717) is 12.6 Å². The summed E-state index contributed by atoms with van der Waals surface area (Å²) in [6.07, 6.45) is 1.12. The summed E-state index contributed by atoms with van der Waals surface area (Å²) in [5.74, 6) is 0.0398. The molecule has 0 radical (unpaired) electrons. The summed E-state index contributed by atoms with van der Waals surface area (Å²) in [5, 5.41) is 10.7. The first-order valence-corrected chi connectivity index (χ1v) is 7.27. The van der Waals surface area contributed by atoms with Crippen LogP contribution in [0.25, 0.3) is 0 Å². The van der Waals surface area contributed by atoms with E-state index < -0.39 is 0 Å². The molecule has 1 saturated heterocycles. The number of rotatable bonds is 5. The van der Waals surface area contributed by atoms with Crippen LogP contribution in [-0.4, -0.2) is 52.8 Å². The van der Waals surface area contributed by atoms with Crippen LogP contribution in [0.4, 0.5) is 5.69 Å². The number of carbonyl (C=O) groups is 1. The number of hydrogen-bond acceptors (Lipinski definition) is 4. The molecule has 1 amide bonds. The van der Waals surface area contributed by atoms with Gasteiger partial charge in [-0.3, -0.25) is 14.4 Å². The van der Waals surface area contributed by atoms with E-state index in [-0.39, 0.29) is 5.91 Å². The van der Waals surface area contributed by atoms with Crippen molar-refractivity contribution in [1.82, 2.24) is 20.0 Å². The molecule has 1 aromatic rings. The average molecular weight is 279 g/mol. The standard InChI is InChI=1S/C14H25N5O/c1-5-19(12-6-7-15-8-12)9-13(20)16-14-10(2)17-18(4)11(14)3/h12,15H,5-9H2,1-4H3,(H,16,20). The SMILES string of the molecule is CCN(CC(=O)Nc1c(C)nn(C)c1C)C1CCNC1. The quantitative estimate of drug-likeness (QED) is 0.831. The van der Waals surface area contributed by atoms with Crippen molar-refractivity contribution in [2.75, 3.05) is 31.5 Å². The molecule has 0 aliphatic carbocycles. The Kier molecular flexibility index (Phi) is 4.77. The number of carbonyl (C=O) groups excluding carboxylic acids is 1. The minimum absolute atomic E-state index is 0.0398. The molecule has 0 saturated carbocycles. The topological polar surface area (TPSA) is 62.2 Å². The van der Waals surface area contributed by atoms with E-state index in [9.17, 15) is 4.79 Å². The number of anilines is 1. The maximum atomic E-state index is 12.2. The Balaban J connectivity index is 1.97. The van der Waals surface area contributed by atoms with Crippen molar-refractivity contribution in [1.29, 1.82) is 0 Å². The van der Waals surface area contributed by atoms with Crippen molar-refractivity contribution in [3.63, 3.8) is 0 Å². The van der Waals surface area contributed by atoms with Gasteiger partial charge in [-0.1, -0.05) is 6.92 Å². The highest BCUT2D eigenvalue weighted by Gasteiger charge is 2.23. The monoisotopic (exact) mass is 279 g/mol. The predicted molar refractivity (Wildman–Crippen MR) is 79.8 cm³/mol. The Morgan fingerprint density at radius 1 is 1.55 bits per heavy atom. The molecule has 20 heavy (non-hydrogen) atoms. The number of amides is 1. The molecule has 6 nitrogen and oxygen atoms in total. The largest absolute Gasteiger partial charge is 0.322 e. The molecule has 1 aliphatic rings. The Morgan fingerprint density at radius 3 is 2.80 bits per heavy atom. The van der Waals surface area contributed by atoms with Gasteiger partial charge in [-0.05, 0) is 33.4 Å². The van der Waals surface area contributed by atoms with E-state index in [1.807, 2.05) is 20.9 Å². The van der Waals surface area contributed by atoms with Crippen molar-refractivity contribution >= 4 is 11.6 Å². The lowest BCUT2D eigenvalue weighted by molar-refractivity contribution is -0.117. The fourth-order valence-electron chi connectivity index (χ4n) is 2.77. The maximum Gasteiger partial charge on any atom is 0.238 e. The smallest absolute Gasteiger partial charge is 0.238 e. The minimum atomic E-state index is 0.0398. The van der Waals surface area contributed by atoms with E-state index in [4.69, 9.17) is 0 Å². The summed E-state index contributed by atoms with van der Waals surface area (Å²) in [4.78, 5) is 14.5. The highest BCUT2D eigenvalue weighted by atomic mass is 16.2. The third kappa shape index (κ3) is 3.19. The molecule has 1 fully saturated rings. The Morgan fingerprint density at radius 2 is 2.30 bits per heavy atom. The van der Waals surface area contributed by atoms with Gasteiger partial charge in [0, 0.05) is 19.6 Å². The molecule has 1 unspecified atom stereocenters. The predicted octanol–water partition coefficient (Wildman–Crippen LogP) is 0.659. The highest BCUT2D eigenvalue weighted by Crippen LogP contribution is 2.18. The Labute approximate surface area is 120 Å². The third-order valence-corrected chi connectivity index (χ3v) is 4.08. The molecule has 2 heterocycles. The van der Waals surface area contributed by atoms with Crippen molar-refractivity contribution < 1.29 is 4.79 Å². The van der Waals surface area contributed by atoms with Crippen LogP contribution in [0.15, 0.2) is 0 Å². The lowest BCUT2D eigenvalue weighted by Crippen LogP contribution is -2.41. The Hall–Kier alpha value is -1.40. The summed E-state index contributed by atoms with van der Waals surface area (Å²) in [6, 6.07) is 0.474. The lowest BCUT2D eigenvalue weighted by atomic mass is 10.2. The molecule has 1 atom stereocenters. The van der Waals surface area contributed by atoms with Crippen LogP contribution in [0.5, 0.6) is 0 Å². The number of nitrogens with one attached hydrogen (secondary N) is 2. The zero-order chi connectivity index (χ0) is 14.7. The maximum absolute atomic E-state index is 12.2.